The lowest BCUT2D eigenvalue weighted by molar-refractivity contribution is 0.290. The lowest BCUT2D eigenvalue weighted by atomic mass is 9.83. The van der Waals surface area contributed by atoms with Crippen molar-refractivity contribution in [2.75, 3.05) is 12.0 Å². The Kier molecular flexibility index (Phi) is 4.97. The standard InChI is InChI=1S/C26H29N5O/c1-4-26(3)22-15-25(22,2)23(28-16-29-26)19-14-17(10-11-21(19)32)20-12-13-27-24(31-20)30-18-8-6-5-7-9-18/h5-14,22,29,32H,4,15-16H2,1-3H3,(H,27,30,31). The SMILES string of the molecule is CCC1(C)NCN=C(c2cc(-c3ccnc(Nc4ccccc4)n3)ccc2O)C2(C)CC12. The van der Waals surface area contributed by atoms with E-state index in [-0.39, 0.29) is 16.7 Å². The van der Waals surface area contributed by atoms with Gasteiger partial charge in [-0.05, 0) is 62.1 Å². The molecule has 164 valence electrons. The molecule has 3 N–H and O–H groups in total. The van der Waals surface area contributed by atoms with Crippen molar-refractivity contribution in [1.82, 2.24) is 15.3 Å². The van der Waals surface area contributed by atoms with Gasteiger partial charge < -0.3 is 10.4 Å². The van der Waals surface area contributed by atoms with Gasteiger partial charge in [-0.2, -0.15) is 0 Å². The fourth-order valence-electron chi connectivity index (χ4n) is 5.04. The molecule has 2 heterocycles. The number of aromatic hydroxyl groups is 1. The largest absolute Gasteiger partial charge is 0.507 e. The molecule has 5 rings (SSSR count). The third-order valence-corrected chi connectivity index (χ3v) is 7.23. The van der Waals surface area contributed by atoms with Gasteiger partial charge in [0.15, 0.2) is 0 Å². The van der Waals surface area contributed by atoms with E-state index in [2.05, 4.69) is 36.4 Å². The predicted molar refractivity (Wildman–Crippen MR) is 128 cm³/mol. The van der Waals surface area contributed by atoms with Gasteiger partial charge in [-0.15, -0.1) is 0 Å². The van der Waals surface area contributed by atoms with E-state index in [1.54, 1.807) is 12.3 Å². The highest BCUT2D eigenvalue weighted by Crippen LogP contribution is 2.61. The van der Waals surface area contributed by atoms with E-state index in [4.69, 9.17) is 9.98 Å². The van der Waals surface area contributed by atoms with Crippen LogP contribution in [0.3, 0.4) is 0 Å². The van der Waals surface area contributed by atoms with Crippen molar-refractivity contribution in [1.29, 1.82) is 0 Å². The smallest absolute Gasteiger partial charge is 0.227 e. The van der Waals surface area contributed by atoms with Crippen LogP contribution >= 0.6 is 0 Å². The number of benzene rings is 2. The summed E-state index contributed by atoms with van der Waals surface area (Å²) in [4.78, 5) is 14.0. The summed E-state index contributed by atoms with van der Waals surface area (Å²) >= 11 is 0. The first-order chi connectivity index (χ1) is 15.4. The first-order valence-electron chi connectivity index (χ1n) is 11.2. The summed E-state index contributed by atoms with van der Waals surface area (Å²) in [6.45, 7) is 7.36. The van der Waals surface area contributed by atoms with Gasteiger partial charge in [0.1, 0.15) is 5.75 Å². The van der Waals surface area contributed by atoms with Gasteiger partial charge in [-0.3, -0.25) is 10.3 Å². The Morgan fingerprint density at radius 1 is 1.12 bits per heavy atom. The predicted octanol–water partition coefficient (Wildman–Crippen LogP) is 5.14. The normalized spacial score (nSPS) is 26.6. The lowest BCUT2D eigenvalue weighted by Crippen LogP contribution is -2.44. The van der Waals surface area contributed by atoms with Crippen LogP contribution in [0.5, 0.6) is 5.75 Å². The first kappa shape index (κ1) is 20.6. The van der Waals surface area contributed by atoms with Crippen LogP contribution in [0.1, 0.15) is 39.2 Å². The molecule has 1 saturated carbocycles. The molecule has 6 heteroatoms. The summed E-state index contributed by atoms with van der Waals surface area (Å²) in [6.07, 6.45) is 3.88. The number of phenols is 1. The second-order valence-corrected chi connectivity index (χ2v) is 9.28. The highest BCUT2D eigenvalue weighted by Gasteiger charge is 2.62. The number of nitrogens with one attached hydrogen (secondary N) is 2. The fraction of sp³-hybridized carbons (Fsp3) is 0.346. The number of rotatable bonds is 5. The highest BCUT2D eigenvalue weighted by atomic mass is 16.3. The van der Waals surface area contributed by atoms with E-state index in [0.717, 1.165) is 41.1 Å². The Labute approximate surface area is 188 Å². The van der Waals surface area contributed by atoms with Gasteiger partial charge in [-0.1, -0.05) is 32.0 Å². The zero-order valence-corrected chi connectivity index (χ0v) is 18.8. The molecule has 1 aliphatic heterocycles. The van der Waals surface area contributed by atoms with Gasteiger partial charge in [0.2, 0.25) is 5.95 Å². The van der Waals surface area contributed by atoms with Crippen molar-refractivity contribution in [2.24, 2.45) is 16.3 Å². The second kappa shape index (κ2) is 7.71. The van der Waals surface area contributed by atoms with Crippen LogP contribution in [0.2, 0.25) is 0 Å². The van der Waals surface area contributed by atoms with E-state index in [0.29, 0.717) is 18.5 Å². The van der Waals surface area contributed by atoms with Crippen LogP contribution < -0.4 is 10.6 Å². The van der Waals surface area contributed by atoms with Gasteiger partial charge in [0, 0.05) is 34.0 Å². The average Bonchev–Trinajstić information content (AvgIpc) is 3.52. The molecule has 2 aromatic carbocycles. The summed E-state index contributed by atoms with van der Waals surface area (Å²) in [6, 6.07) is 17.4. The molecule has 0 spiro atoms. The monoisotopic (exact) mass is 427 g/mol. The number of hydrogen-bond acceptors (Lipinski definition) is 6. The fourth-order valence-corrected chi connectivity index (χ4v) is 5.04. The second-order valence-electron chi connectivity index (χ2n) is 9.28. The molecule has 0 radical (unpaired) electrons. The van der Waals surface area contributed by atoms with Crippen LogP contribution in [0, 0.1) is 11.3 Å². The number of hydrogen-bond donors (Lipinski definition) is 3. The van der Waals surface area contributed by atoms with Crippen molar-refractivity contribution in [3.63, 3.8) is 0 Å². The van der Waals surface area contributed by atoms with E-state index in [1.165, 1.54) is 0 Å². The number of para-hydroxylation sites is 1. The van der Waals surface area contributed by atoms with E-state index >= 15 is 0 Å². The molecule has 1 fully saturated rings. The van der Waals surface area contributed by atoms with Crippen LogP contribution in [0.4, 0.5) is 11.6 Å². The van der Waals surface area contributed by atoms with E-state index in [9.17, 15) is 5.11 Å². The minimum atomic E-state index is -0.0317. The Morgan fingerprint density at radius 3 is 2.72 bits per heavy atom. The first-order valence-corrected chi connectivity index (χ1v) is 11.2. The van der Waals surface area contributed by atoms with E-state index < -0.39 is 0 Å². The molecule has 0 saturated heterocycles. The molecule has 3 aromatic rings. The van der Waals surface area contributed by atoms with Crippen molar-refractivity contribution >= 4 is 17.3 Å². The average molecular weight is 428 g/mol. The zero-order valence-electron chi connectivity index (χ0n) is 18.8. The maximum absolute atomic E-state index is 10.8. The number of fused-ring (bicyclic) bond motifs is 1. The lowest BCUT2D eigenvalue weighted by Gasteiger charge is -2.29. The van der Waals surface area contributed by atoms with Crippen LogP contribution in [0.25, 0.3) is 11.3 Å². The number of nitrogens with zero attached hydrogens (tertiary/aromatic N) is 3. The van der Waals surface area contributed by atoms with Crippen molar-refractivity contribution in [3.05, 3.63) is 66.4 Å². The van der Waals surface area contributed by atoms with Gasteiger partial charge in [0.25, 0.3) is 0 Å². The minimum absolute atomic E-state index is 0.0317. The summed E-state index contributed by atoms with van der Waals surface area (Å²) in [5.41, 5.74) is 4.48. The van der Waals surface area contributed by atoms with Crippen LogP contribution in [0.15, 0.2) is 65.8 Å². The molecule has 1 aromatic heterocycles. The van der Waals surface area contributed by atoms with Crippen molar-refractivity contribution < 1.29 is 5.11 Å². The Morgan fingerprint density at radius 2 is 1.94 bits per heavy atom. The summed E-state index contributed by atoms with van der Waals surface area (Å²) in [5.74, 6) is 1.30. The molecule has 3 unspecified atom stereocenters. The number of anilines is 2. The van der Waals surface area contributed by atoms with Crippen LogP contribution in [-0.2, 0) is 0 Å². The molecular weight excluding hydrogens is 398 g/mol. The molecule has 0 bridgehead atoms. The maximum Gasteiger partial charge on any atom is 0.227 e. The highest BCUT2D eigenvalue weighted by molar-refractivity contribution is 6.09. The molecule has 32 heavy (non-hydrogen) atoms. The Balaban J connectivity index is 1.48. The quantitative estimate of drug-likeness (QED) is 0.525. The van der Waals surface area contributed by atoms with Crippen LogP contribution in [-0.4, -0.2) is 33.0 Å². The minimum Gasteiger partial charge on any atom is -0.507 e. The number of aromatic nitrogens is 2. The molecule has 0 amide bonds. The number of aliphatic imine (C=N–C) groups is 1. The summed E-state index contributed by atoms with van der Waals surface area (Å²) in [5, 5.41) is 17.6. The third-order valence-electron chi connectivity index (χ3n) is 7.23. The zero-order chi connectivity index (χ0) is 22.3. The molecular formula is C26H29N5O. The van der Waals surface area contributed by atoms with E-state index in [1.807, 2.05) is 48.5 Å². The maximum atomic E-state index is 10.8. The molecule has 1 aliphatic carbocycles. The van der Waals surface area contributed by atoms with Crippen molar-refractivity contribution in [3.8, 4) is 17.0 Å². The van der Waals surface area contributed by atoms with Gasteiger partial charge >= 0.3 is 0 Å². The van der Waals surface area contributed by atoms with Gasteiger partial charge in [0.05, 0.1) is 18.1 Å². The van der Waals surface area contributed by atoms with Gasteiger partial charge in [-0.25, -0.2) is 9.97 Å². The molecule has 3 atom stereocenters. The Hall–Kier alpha value is -3.25. The molecule has 6 nitrogen and oxygen atoms in total. The summed E-state index contributed by atoms with van der Waals surface area (Å²) in [7, 11) is 0. The van der Waals surface area contributed by atoms with Crippen molar-refractivity contribution in [2.45, 2.75) is 39.2 Å². The Bertz CT molecular complexity index is 1180. The third kappa shape index (κ3) is 3.54. The summed E-state index contributed by atoms with van der Waals surface area (Å²) < 4.78 is 0. The number of phenolic OH excluding ortho intramolecular Hbond substituents is 1. The topological polar surface area (TPSA) is 82.4 Å². The molecule has 2 aliphatic rings.